The Hall–Kier alpha value is -3.08. The van der Waals surface area contributed by atoms with Gasteiger partial charge in [-0.2, -0.15) is 0 Å². The first-order valence-electron chi connectivity index (χ1n) is 11.4. The number of nitrogens with zero attached hydrogens (tertiary/aromatic N) is 4. The van der Waals surface area contributed by atoms with Crippen LogP contribution in [0.5, 0.6) is 0 Å². The van der Waals surface area contributed by atoms with Crippen LogP contribution in [0.25, 0.3) is 11.3 Å². The summed E-state index contributed by atoms with van der Waals surface area (Å²) in [7, 11) is 4.23. The summed E-state index contributed by atoms with van der Waals surface area (Å²) in [5.41, 5.74) is 2.65. The Morgan fingerprint density at radius 3 is 2.57 bits per heavy atom. The Balaban J connectivity index is 1.45. The second-order valence-corrected chi connectivity index (χ2v) is 10.1. The number of carbonyl (C=O) groups excluding carboxylic acids is 1. The van der Waals surface area contributed by atoms with E-state index in [0.29, 0.717) is 22.5 Å². The normalized spacial score (nSPS) is 12.1. The third-order valence-electron chi connectivity index (χ3n) is 5.57. The summed E-state index contributed by atoms with van der Waals surface area (Å²) >= 11 is 2.70. The zero-order valence-electron chi connectivity index (χ0n) is 19.9. The van der Waals surface area contributed by atoms with Gasteiger partial charge in [-0.15, -0.1) is 21.5 Å². The molecule has 0 spiro atoms. The van der Waals surface area contributed by atoms with Crippen LogP contribution in [-0.2, 0) is 11.3 Å². The zero-order valence-corrected chi connectivity index (χ0v) is 21.5. The maximum atomic E-state index is 13.2. The van der Waals surface area contributed by atoms with Crippen molar-refractivity contribution in [2.24, 2.45) is 0 Å². The minimum Gasteiger partial charge on any atom is -0.331 e. The molecule has 35 heavy (non-hydrogen) atoms. The second kappa shape index (κ2) is 11.6. The molecule has 0 saturated carbocycles. The molecule has 0 radical (unpaired) electrons. The van der Waals surface area contributed by atoms with Gasteiger partial charge < -0.3 is 10.2 Å². The quantitative estimate of drug-likeness (QED) is 0.316. The van der Waals surface area contributed by atoms with Crippen LogP contribution in [0.2, 0.25) is 0 Å². The number of thioether (sulfide) groups is 1. The summed E-state index contributed by atoms with van der Waals surface area (Å²) in [5, 5.41) is 14.9. The average Bonchev–Trinajstić information content (AvgIpc) is 3.47. The van der Waals surface area contributed by atoms with Crippen molar-refractivity contribution in [3.63, 3.8) is 0 Å². The van der Waals surface area contributed by atoms with Crippen molar-refractivity contribution < 1.29 is 14.1 Å². The van der Waals surface area contributed by atoms with E-state index in [9.17, 15) is 9.18 Å². The predicted molar refractivity (Wildman–Crippen MR) is 138 cm³/mol. The highest BCUT2D eigenvalue weighted by molar-refractivity contribution is 7.99. The van der Waals surface area contributed by atoms with Gasteiger partial charge in [-0.05, 0) is 29.8 Å². The Morgan fingerprint density at radius 1 is 1.14 bits per heavy atom. The number of anilines is 1. The van der Waals surface area contributed by atoms with Crippen LogP contribution < -0.4 is 10.2 Å². The van der Waals surface area contributed by atoms with Gasteiger partial charge in [0.05, 0.1) is 32.1 Å². The maximum Gasteiger partial charge on any atom is 0.236 e. The molecular weight excluding hydrogens is 483 g/mol. The fraction of sp³-hybridized carbons (Fsp3) is 0.280. The van der Waals surface area contributed by atoms with Gasteiger partial charge >= 0.3 is 0 Å². The Kier molecular flexibility index (Phi) is 8.27. The standard InChI is InChI=1S/C25H27FN6OS2/c1-4-21(31(2)3)23-29-30-25(32(23)14-17-8-6-5-7-9-17)35-16-22(33)28-24-27-20(15-34-24)18-10-12-19(26)13-11-18/h5-13,15,21H,4,14,16H2,1-3H3,(H,27,28,33)/p+1/t21-/m1/s1. The van der Waals surface area contributed by atoms with Gasteiger partial charge in [0.15, 0.2) is 16.1 Å². The van der Waals surface area contributed by atoms with Gasteiger partial charge in [-0.3, -0.25) is 9.36 Å². The highest BCUT2D eigenvalue weighted by Gasteiger charge is 2.25. The van der Waals surface area contributed by atoms with Crippen LogP contribution in [0.4, 0.5) is 9.52 Å². The summed E-state index contributed by atoms with van der Waals surface area (Å²) in [5.74, 6) is 0.638. The van der Waals surface area contributed by atoms with Gasteiger partial charge in [-0.1, -0.05) is 49.0 Å². The lowest BCUT2D eigenvalue weighted by molar-refractivity contribution is -0.893. The van der Waals surface area contributed by atoms with E-state index in [0.717, 1.165) is 23.4 Å². The first-order valence-corrected chi connectivity index (χ1v) is 13.2. The van der Waals surface area contributed by atoms with Crippen LogP contribution in [0, 0.1) is 5.82 Å². The Morgan fingerprint density at radius 2 is 1.89 bits per heavy atom. The van der Waals surface area contributed by atoms with Crippen molar-refractivity contribution in [3.8, 4) is 11.3 Å². The van der Waals surface area contributed by atoms with Gasteiger partial charge in [-0.25, -0.2) is 9.37 Å². The number of rotatable bonds is 10. The molecule has 4 aromatic rings. The fourth-order valence-electron chi connectivity index (χ4n) is 3.80. The minimum absolute atomic E-state index is 0.170. The topological polar surface area (TPSA) is 77.1 Å². The van der Waals surface area contributed by atoms with Crippen molar-refractivity contribution >= 4 is 34.1 Å². The molecule has 0 saturated heterocycles. The average molecular weight is 512 g/mol. The van der Waals surface area contributed by atoms with Crippen molar-refractivity contribution in [2.75, 3.05) is 25.2 Å². The van der Waals surface area contributed by atoms with Crippen molar-refractivity contribution in [2.45, 2.75) is 31.1 Å². The largest absolute Gasteiger partial charge is 0.331 e. The molecule has 2 aromatic carbocycles. The van der Waals surface area contributed by atoms with Crippen molar-refractivity contribution in [1.82, 2.24) is 19.7 Å². The molecule has 182 valence electrons. The van der Waals surface area contributed by atoms with Crippen molar-refractivity contribution in [3.05, 3.63) is 77.2 Å². The second-order valence-electron chi connectivity index (χ2n) is 8.33. The molecule has 2 N–H and O–H groups in total. The lowest BCUT2D eigenvalue weighted by Gasteiger charge is -2.20. The fourth-order valence-corrected chi connectivity index (χ4v) is 5.28. The molecule has 7 nitrogen and oxygen atoms in total. The number of carbonyl (C=O) groups is 1. The first kappa shape index (κ1) is 25.0. The number of hydrogen-bond acceptors (Lipinski definition) is 6. The van der Waals surface area contributed by atoms with E-state index in [1.807, 2.05) is 23.6 Å². The third kappa shape index (κ3) is 6.33. The number of benzene rings is 2. The number of nitrogens with one attached hydrogen (secondary N) is 2. The van der Waals surface area contributed by atoms with E-state index >= 15 is 0 Å². The van der Waals surface area contributed by atoms with E-state index in [1.54, 1.807) is 12.1 Å². The molecule has 2 heterocycles. The summed E-state index contributed by atoms with van der Waals surface area (Å²) in [4.78, 5) is 18.4. The number of amides is 1. The highest BCUT2D eigenvalue weighted by Crippen LogP contribution is 2.26. The van der Waals surface area contributed by atoms with E-state index in [2.05, 4.69) is 58.2 Å². The smallest absolute Gasteiger partial charge is 0.236 e. The van der Waals surface area contributed by atoms with E-state index in [4.69, 9.17) is 0 Å². The summed E-state index contributed by atoms with van der Waals surface area (Å²) < 4.78 is 15.3. The lowest BCUT2D eigenvalue weighted by Crippen LogP contribution is -3.06. The Bertz CT molecular complexity index is 1260. The molecule has 1 atom stereocenters. The monoisotopic (exact) mass is 511 g/mol. The molecule has 10 heteroatoms. The van der Waals surface area contributed by atoms with E-state index in [1.165, 1.54) is 40.1 Å². The molecule has 1 amide bonds. The Labute approximate surface area is 212 Å². The maximum absolute atomic E-state index is 13.2. The first-order chi connectivity index (χ1) is 16.9. The molecule has 0 aliphatic carbocycles. The molecule has 0 fully saturated rings. The number of aromatic nitrogens is 4. The number of hydrogen-bond donors (Lipinski definition) is 2. The number of quaternary nitrogens is 1. The van der Waals surface area contributed by atoms with Crippen LogP contribution in [0.15, 0.2) is 65.1 Å². The van der Waals surface area contributed by atoms with Crippen molar-refractivity contribution in [1.29, 1.82) is 0 Å². The number of halogens is 1. The van der Waals surface area contributed by atoms with Crippen LogP contribution in [0.1, 0.15) is 30.8 Å². The van der Waals surface area contributed by atoms with Gasteiger partial charge in [0, 0.05) is 17.4 Å². The molecular formula is C25H28FN6OS2+. The van der Waals surface area contributed by atoms with Gasteiger partial charge in [0.2, 0.25) is 5.91 Å². The molecule has 2 aromatic heterocycles. The highest BCUT2D eigenvalue weighted by atomic mass is 32.2. The van der Waals surface area contributed by atoms with E-state index < -0.39 is 0 Å². The molecule has 0 bridgehead atoms. The molecule has 4 rings (SSSR count). The molecule has 0 aliphatic heterocycles. The molecule has 0 aliphatic rings. The van der Waals surface area contributed by atoms with Crippen LogP contribution in [-0.4, -0.2) is 45.5 Å². The predicted octanol–water partition coefficient (Wildman–Crippen LogP) is 3.92. The van der Waals surface area contributed by atoms with Crippen LogP contribution >= 0.6 is 23.1 Å². The number of thiazole rings is 1. The minimum atomic E-state index is -0.296. The lowest BCUT2D eigenvalue weighted by atomic mass is 10.2. The molecule has 0 unspecified atom stereocenters. The SMILES string of the molecule is CC[C@H](c1nnc(SCC(=O)Nc2nc(-c3ccc(F)cc3)cs2)n1Cc1ccccc1)[NH+](C)C. The zero-order chi connectivity index (χ0) is 24.8. The van der Waals surface area contributed by atoms with E-state index in [-0.39, 0.29) is 23.5 Å². The van der Waals surface area contributed by atoms with Gasteiger partial charge in [0.1, 0.15) is 11.9 Å². The van der Waals surface area contributed by atoms with Crippen LogP contribution in [0.3, 0.4) is 0 Å². The summed E-state index contributed by atoms with van der Waals surface area (Å²) in [6, 6.07) is 16.5. The van der Waals surface area contributed by atoms with Gasteiger partial charge in [0.25, 0.3) is 0 Å². The third-order valence-corrected chi connectivity index (χ3v) is 7.29. The summed E-state index contributed by atoms with van der Waals surface area (Å²) in [6.45, 7) is 2.79. The summed E-state index contributed by atoms with van der Waals surface area (Å²) in [6.07, 6.45) is 0.931.